The van der Waals surface area contributed by atoms with Gasteiger partial charge in [0.1, 0.15) is 0 Å². The Kier molecular flexibility index (Phi) is 6.95. The molecule has 1 aromatic carbocycles. The van der Waals surface area contributed by atoms with Crippen LogP contribution in [0, 0.1) is 0 Å². The van der Waals surface area contributed by atoms with Crippen molar-refractivity contribution in [1.82, 2.24) is 5.32 Å². The summed E-state index contributed by atoms with van der Waals surface area (Å²) in [6, 6.07) is 8.46. The van der Waals surface area contributed by atoms with Crippen molar-refractivity contribution < 1.29 is 9.90 Å². The van der Waals surface area contributed by atoms with Crippen LogP contribution in [0.2, 0.25) is 0 Å². The lowest BCUT2D eigenvalue weighted by Crippen LogP contribution is -2.42. The molecule has 0 radical (unpaired) electrons. The minimum atomic E-state index is -0.844. The number of benzene rings is 1. The van der Waals surface area contributed by atoms with E-state index < -0.39 is 5.60 Å². The summed E-state index contributed by atoms with van der Waals surface area (Å²) >= 11 is 1.57. The van der Waals surface area contributed by atoms with E-state index in [4.69, 9.17) is 0 Å². The minimum Gasteiger partial charge on any atom is -0.387 e. The number of hydrogen-bond acceptors (Lipinski definition) is 3. The smallest absolute Gasteiger partial charge is 0.220 e. The summed E-state index contributed by atoms with van der Waals surface area (Å²) < 4.78 is 0. The molecule has 124 valence electrons. The molecule has 3 nitrogen and oxygen atoms in total. The minimum absolute atomic E-state index is 0.0127. The highest BCUT2D eigenvalue weighted by molar-refractivity contribution is 7.98. The van der Waals surface area contributed by atoms with Gasteiger partial charge in [-0.3, -0.25) is 4.79 Å². The Hall–Kier alpha value is -1.00. The number of rotatable bonds is 7. The van der Waals surface area contributed by atoms with Crippen LogP contribution in [0.4, 0.5) is 0 Å². The maximum atomic E-state index is 11.9. The van der Waals surface area contributed by atoms with Crippen LogP contribution in [0.1, 0.15) is 45.2 Å². The Morgan fingerprint density at radius 1 is 1.18 bits per heavy atom. The van der Waals surface area contributed by atoms with E-state index in [0.717, 1.165) is 6.42 Å². The Morgan fingerprint density at radius 3 is 2.27 bits per heavy atom. The molecule has 0 aliphatic rings. The Bertz CT molecular complexity index is 475. The highest BCUT2D eigenvalue weighted by atomic mass is 32.2. The van der Waals surface area contributed by atoms with Crippen molar-refractivity contribution in [1.29, 1.82) is 0 Å². The molecule has 0 aromatic heterocycles. The van der Waals surface area contributed by atoms with E-state index in [1.807, 2.05) is 6.26 Å². The molecule has 0 spiro atoms. The molecule has 0 aliphatic heterocycles. The number of amides is 1. The fraction of sp³-hybridized carbons (Fsp3) is 0.611. The van der Waals surface area contributed by atoms with Gasteiger partial charge in [0.25, 0.3) is 0 Å². The molecule has 1 rings (SSSR count). The van der Waals surface area contributed by atoms with Crippen molar-refractivity contribution in [3.8, 4) is 0 Å². The van der Waals surface area contributed by atoms with Crippen molar-refractivity contribution in [2.75, 3.05) is 18.6 Å². The highest BCUT2D eigenvalue weighted by Crippen LogP contribution is 2.22. The number of aliphatic hydroxyl groups is 1. The number of carbonyl (C=O) groups is 1. The zero-order valence-corrected chi connectivity index (χ0v) is 15.2. The lowest BCUT2D eigenvalue weighted by atomic mass is 9.86. The van der Waals surface area contributed by atoms with Crippen molar-refractivity contribution in [2.45, 2.75) is 51.6 Å². The third kappa shape index (κ3) is 6.84. The molecule has 1 aromatic rings. The van der Waals surface area contributed by atoms with Crippen molar-refractivity contribution in [3.05, 3.63) is 35.4 Å². The first-order valence-electron chi connectivity index (χ1n) is 7.71. The number of hydrogen-bond donors (Lipinski definition) is 2. The summed E-state index contributed by atoms with van der Waals surface area (Å²) in [6.07, 6.45) is 3.11. The largest absolute Gasteiger partial charge is 0.387 e. The quantitative estimate of drug-likeness (QED) is 0.810. The second-order valence-corrected chi connectivity index (χ2v) is 8.02. The van der Waals surface area contributed by atoms with Gasteiger partial charge >= 0.3 is 0 Å². The van der Waals surface area contributed by atoms with Crippen molar-refractivity contribution >= 4 is 17.7 Å². The van der Waals surface area contributed by atoms with Crippen LogP contribution in [-0.2, 0) is 16.6 Å². The first-order chi connectivity index (χ1) is 10.1. The van der Waals surface area contributed by atoms with E-state index in [9.17, 15) is 9.90 Å². The fourth-order valence-corrected chi connectivity index (χ4v) is 2.89. The van der Waals surface area contributed by atoms with E-state index in [1.54, 1.807) is 18.7 Å². The van der Waals surface area contributed by atoms with E-state index >= 15 is 0 Å². The molecule has 4 heteroatoms. The third-order valence-corrected chi connectivity index (χ3v) is 4.49. The summed E-state index contributed by atoms with van der Waals surface area (Å²) in [6.45, 7) is 8.62. The molecule has 0 heterocycles. The van der Waals surface area contributed by atoms with Gasteiger partial charge in [-0.2, -0.15) is 11.8 Å². The SMILES string of the molecule is CSCC(C)(O)CNC(=O)CCc1ccc(C(C)(C)C)cc1. The first-order valence-corrected chi connectivity index (χ1v) is 9.11. The second-order valence-electron chi connectivity index (χ2n) is 7.15. The summed E-state index contributed by atoms with van der Waals surface area (Å²) in [5, 5.41) is 12.8. The van der Waals surface area contributed by atoms with E-state index in [1.165, 1.54) is 11.1 Å². The number of thioether (sulfide) groups is 1. The van der Waals surface area contributed by atoms with Gasteiger partial charge in [0.2, 0.25) is 5.91 Å². The molecule has 1 amide bonds. The van der Waals surface area contributed by atoms with Gasteiger partial charge in [0.05, 0.1) is 5.60 Å². The van der Waals surface area contributed by atoms with E-state index in [0.29, 0.717) is 18.7 Å². The Morgan fingerprint density at radius 2 is 1.77 bits per heavy atom. The number of aryl methyl sites for hydroxylation is 1. The molecular weight excluding hydrogens is 294 g/mol. The Balaban J connectivity index is 2.41. The monoisotopic (exact) mass is 323 g/mol. The highest BCUT2D eigenvalue weighted by Gasteiger charge is 2.20. The van der Waals surface area contributed by atoms with Crippen LogP contribution in [0.15, 0.2) is 24.3 Å². The molecule has 2 N–H and O–H groups in total. The van der Waals surface area contributed by atoms with Crippen LogP contribution >= 0.6 is 11.8 Å². The van der Waals surface area contributed by atoms with Gasteiger partial charge in [-0.15, -0.1) is 0 Å². The zero-order valence-electron chi connectivity index (χ0n) is 14.4. The van der Waals surface area contributed by atoms with Crippen LogP contribution < -0.4 is 5.32 Å². The maximum Gasteiger partial charge on any atom is 0.220 e. The first kappa shape index (κ1) is 19.0. The van der Waals surface area contributed by atoms with Crippen LogP contribution in [0.5, 0.6) is 0 Å². The van der Waals surface area contributed by atoms with Gasteiger partial charge in [0, 0.05) is 18.7 Å². The molecule has 0 fully saturated rings. The number of nitrogens with one attached hydrogen (secondary N) is 1. The molecule has 1 atom stereocenters. The predicted octanol–water partition coefficient (Wildman–Crippen LogP) is 3.15. The lowest BCUT2D eigenvalue weighted by Gasteiger charge is -2.22. The van der Waals surface area contributed by atoms with E-state index in [-0.39, 0.29) is 11.3 Å². The third-order valence-electron chi connectivity index (χ3n) is 3.58. The summed E-state index contributed by atoms with van der Waals surface area (Å²) in [7, 11) is 0. The molecule has 1 unspecified atom stereocenters. The molecule has 0 saturated heterocycles. The summed E-state index contributed by atoms with van der Waals surface area (Å²) in [5.41, 5.74) is 1.77. The van der Waals surface area contributed by atoms with Crippen LogP contribution in [-0.4, -0.2) is 35.2 Å². The summed E-state index contributed by atoms with van der Waals surface area (Å²) in [4.78, 5) is 11.9. The van der Waals surface area contributed by atoms with Crippen molar-refractivity contribution in [2.24, 2.45) is 0 Å². The second kappa shape index (κ2) is 8.02. The summed E-state index contributed by atoms with van der Waals surface area (Å²) in [5.74, 6) is 0.600. The molecule has 0 aliphatic carbocycles. The lowest BCUT2D eigenvalue weighted by molar-refractivity contribution is -0.122. The van der Waals surface area contributed by atoms with Crippen molar-refractivity contribution in [3.63, 3.8) is 0 Å². The fourth-order valence-electron chi connectivity index (χ4n) is 2.17. The molecule has 0 bridgehead atoms. The van der Waals surface area contributed by atoms with Gasteiger partial charge in [-0.05, 0) is 36.1 Å². The standard InChI is InChI=1S/C18H29NO2S/c1-17(2,3)15-9-6-14(7-10-15)8-11-16(20)19-12-18(4,21)13-22-5/h6-7,9-10,21H,8,11-13H2,1-5H3,(H,19,20). The van der Waals surface area contributed by atoms with Gasteiger partial charge in [-0.25, -0.2) is 0 Å². The van der Waals surface area contributed by atoms with Gasteiger partial charge in [-0.1, -0.05) is 45.0 Å². The molecular formula is C18H29NO2S. The van der Waals surface area contributed by atoms with Gasteiger partial charge in [0.15, 0.2) is 0 Å². The Labute approximate surface area is 138 Å². The number of carbonyl (C=O) groups excluding carboxylic acids is 1. The average Bonchev–Trinajstić information content (AvgIpc) is 2.42. The maximum absolute atomic E-state index is 11.9. The molecule has 0 saturated carbocycles. The van der Waals surface area contributed by atoms with Crippen LogP contribution in [0.25, 0.3) is 0 Å². The predicted molar refractivity (Wildman–Crippen MR) is 95.5 cm³/mol. The molecule has 22 heavy (non-hydrogen) atoms. The zero-order chi connectivity index (χ0) is 16.8. The van der Waals surface area contributed by atoms with E-state index in [2.05, 4.69) is 50.4 Å². The topological polar surface area (TPSA) is 49.3 Å². The van der Waals surface area contributed by atoms with Crippen LogP contribution in [0.3, 0.4) is 0 Å². The average molecular weight is 324 g/mol. The normalized spacial score (nSPS) is 14.5. The van der Waals surface area contributed by atoms with Gasteiger partial charge < -0.3 is 10.4 Å².